The van der Waals surface area contributed by atoms with E-state index in [0.29, 0.717) is 6.04 Å². The molecule has 1 rings (SSSR count). The molecule has 2 N–H and O–H groups in total. The van der Waals surface area contributed by atoms with E-state index in [0.717, 1.165) is 26.1 Å². The third-order valence-corrected chi connectivity index (χ3v) is 3.97. The maximum atomic E-state index is 9.19. The maximum Gasteiger partial charge on any atom is 0.0558 e. The SMILES string of the molecule is CCCCN(CCO)CCC(NC)c1cc(C)cc(C)c1. The van der Waals surface area contributed by atoms with Crippen LogP contribution in [0.5, 0.6) is 0 Å². The number of rotatable bonds is 10. The van der Waals surface area contributed by atoms with E-state index < -0.39 is 0 Å². The Kier molecular flexibility index (Phi) is 8.58. The van der Waals surface area contributed by atoms with E-state index in [1.807, 2.05) is 7.05 Å². The predicted molar refractivity (Wildman–Crippen MR) is 90.8 cm³/mol. The van der Waals surface area contributed by atoms with E-state index in [1.165, 1.54) is 29.5 Å². The van der Waals surface area contributed by atoms with Gasteiger partial charge in [0.15, 0.2) is 0 Å². The molecule has 120 valence electrons. The van der Waals surface area contributed by atoms with E-state index in [1.54, 1.807) is 0 Å². The highest BCUT2D eigenvalue weighted by atomic mass is 16.3. The van der Waals surface area contributed by atoms with Crippen LogP contribution < -0.4 is 5.32 Å². The fourth-order valence-corrected chi connectivity index (χ4v) is 2.86. The molecule has 0 aliphatic rings. The molecule has 0 spiro atoms. The van der Waals surface area contributed by atoms with Gasteiger partial charge in [-0.1, -0.05) is 42.7 Å². The third-order valence-electron chi connectivity index (χ3n) is 3.97. The molecule has 1 atom stereocenters. The van der Waals surface area contributed by atoms with Crippen molar-refractivity contribution in [2.24, 2.45) is 0 Å². The number of hydrogen-bond acceptors (Lipinski definition) is 3. The van der Waals surface area contributed by atoms with Crippen LogP contribution in [0.1, 0.15) is 48.9 Å². The molecule has 0 fully saturated rings. The van der Waals surface area contributed by atoms with Gasteiger partial charge in [-0.25, -0.2) is 0 Å². The molecule has 1 aromatic rings. The lowest BCUT2D eigenvalue weighted by Gasteiger charge is -2.25. The molecule has 21 heavy (non-hydrogen) atoms. The van der Waals surface area contributed by atoms with Crippen molar-refractivity contribution in [2.75, 3.05) is 33.3 Å². The van der Waals surface area contributed by atoms with Crippen molar-refractivity contribution in [2.45, 2.75) is 46.1 Å². The summed E-state index contributed by atoms with van der Waals surface area (Å²) in [5.74, 6) is 0. The van der Waals surface area contributed by atoms with Gasteiger partial charge in [0.05, 0.1) is 6.61 Å². The average Bonchev–Trinajstić information content (AvgIpc) is 2.44. The van der Waals surface area contributed by atoms with Gasteiger partial charge in [-0.05, 0) is 45.8 Å². The Morgan fingerprint density at radius 2 is 1.76 bits per heavy atom. The molecule has 0 aliphatic heterocycles. The van der Waals surface area contributed by atoms with Gasteiger partial charge >= 0.3 is 0 Å². The number of aliphatic hydroxyl groups excluding tert-OH is 1. The Morgan fingerprint density at radius 1 is 1.10 bits per heavy atom. The summed E-state index contributed by atoms with van der Waals surface area (Å²) in [6.07, 6.45) is 3.48. The molecule has 1 aromatic carbocycles. The maximum absolute atomic E-state index is 9.19. The van der Waals surface area contributed by atoms with Crippen LogP contribution in [0, 0.1) is 13.8 Å². The minimum atomic E-state index is 0.248. The lowest BCUT2D eigenvalue weighted by atomic mass is 9.99. The summed E-state index contributed by atoms with van der Waals surface area (Å²) in [7, 11) is 2.03. The normalized spacial score (nSPS) is 12.9. The van der Waals surface area contributed by atoms with Crippen molar-refractivity contribution in [1.82, 2.24) is 10.2 Å². The van der Waals surface area contributed by atoms with E-state index in [2.05, 4.69) is 49.2 Å². The second-order valence-corrected chi connectivity index (χ2v) is 5.97. The Labute approximate surface area is 130 Å². The van der Waals surface area contributed by atoms with Gasteiger partial charge in [0, 0.05) is 19.1 Å². The Bertz CT molecular complexity index is 386. The summed E-state index contributed by atoms with van der Waals surface area (Å²) < 4.78 is 0. The smallest absolute Gasteiger partial charge is 0.0558 e. The zero-order valence-electron chi connectivity index (χ0n) is 14.2. The fraction of sp³-hybridized carbons (Fsp3) is 0.667. The van der Waals surface area contributed by atoms with Crippen LogP contribution in [0.25, 0.3) is 0 Å². The van der Waals surface area contributed by atoms with Crippen molar-refractivity contribution in [3.8, 4) is 0 Å². The van der Waals surface area contributed by atoms with Crippen LogP contribution in [-0.2, 0) is 0 Å². The minimum absolute atomic E-state index is 0.248. The molecule has 0 heterocycles. The summed E-state index contributed by atoms with van der Waals surface area (Å²) in [5, 5.41) is 12.6. The van der Waals surface area contributed by atoms with Crippen LogP contribution in [0.15, 0.2) is 18.2 Å². The first-order valence-electron chi connectivity index (χ1n) is 8.19. The number of unbranched alkanes of at least 4 members (excludes halogenated alkanes) is 1. The Balaban J connectivity index is 2.63. The standard InChI is InChI=1S/C18H32N2O/c1-5-6-8-20(10-11-21)9-7-18(19-4)17-13-15(2)12-16(3)14-17/h12-14,18-19,21H,5-11H2,1-4H3. The molecular formula is C18H32N2O. The molecule has 3 heteroatoms. The number of nitrogens with zero attached hydrogens (tertiary/aromatic N) is 1. The van der Waals surface area contributed by atoms with E-state index in [4.69, 9.17) is 0 Å². The van der Waals surface area contributed by atoms with Gasteiger partial charge in [-0.3, -0.25) is 0 Å². The van der Waals surface area contributed by atoms with Crippen molar-refractivity contribution in [1.29, 1.82) is 0 Å². The highest BCUT2D eigenvalue weighted by molar-refractivity contribution is 5.30. The minimum Gasteiger partial charge on any atom is -0.395 e. The zero-order valence-corrected chi connectivity index (χ0v) is 14.2. The van der Waals surface area contributed by atoms with Crippen LogP contribution in [0.3, 0.4) is 0 Å². The van der Waals surface area contributed by atoms with E-state index in [-0.39, 0.29) is 6.61 Å². The first-order chi connectivity index (χ1) is 10.1. The van der Waals surface area contributed by atoms with Crippen molar-refractivity contribution >= 4 is 0 Å². The third kappa shape index (κ3) is 6.60. The van der Waals surface area contributed by atoms with Gasteiger partial charge in [0.1, 0.15) is 0 Å². The number of nitrogens with one attached hydrogen (secondary N) is 1. The monoisotopic (exact) mass is 292 g/mol. The lowest BCUT2D eigenvalue weighted by Crippen LogP contribution is -2.31. The largest absolute Gasteiger partial charge is 0.395 e. The first kappa shape index (κ1) is 18.1. The summed E-state index contributed by atoms with van der Waals surface area (Å²) >= 11 is 0. The van der Waals surface area contributed by atoms with Gasteiger partial charge in [0.2, 0.25) is 0 Å². The summed E-state index contributed by atoms with van der Waals surface area (Å²) in [6, 6.07) is 7.15. The van der Waals surface area contributed by atoms with Crippen LogP contribution in [-0.4, -0.2) is 43.3 Å². The van der Waals surface area contributed by atoms with Gasteiger partial charge in [-0.2, -0.15) is 0 Å². The van der Waals surface area contributed by atoms with Gasteiger partial charge in [-0.15, -0.1) is 0 Å². The highest BCUT2D eigenvalue weighted by Gasteiger charge is 2.12. The lowest BCUT2D eigenvalue weighted by molar-refractivity contribution is 0.188. The van der Waals surface area contributed by atoms with Crippen molar-refractivity contribution in [3.05, 3.63) is 34.9 Å². The van der Waals surface area contributed by atoms with Crippen molar-refractivity contribution in [3.63, 3.8) is 0 Å². The Morgan fingerprint density at radius 3 is 2.29 bits per heavy atom. The summed E-state index contributed by atoms with van der Waals surface area (Å²) in [5.41, 5.74) is 4.02. The molecular weight excluding hydrogens is 260 g/mol. The molecule has 0 amide bonds. The summed E-state index contributed by atoms with van der Waals surface area (Å²) in [4.78, 5) is 2.37. The Hall–Kier alpha value is -0.900. The molecule has 0 saturated heterocycles. The molecule has 3 nitrogen and oxygen atoms in total. The van der Waals surface area contributed by atoms with E-state index >= 15 is 0 Å². The highest BCUT2D eigenvalue weighted by Crippen LogP contribution is 2.20. The molecule has 0 bridgehead atoms. The van der Waals surface area contributed by atoms with Crippen molar-refractivity contribution < 1.29 is 5.11 Å². The molecule has 0 saturated carbocycles. The van der Waals surface area contributed by atoms with E-state index in [9.17, 15) is 5.11 Å². The number of hydrogen-bond donors (Lipinski definition) is 2. The molecule has 0 aromatic heterocycles. The number of aliphatic hydroxyl groups is 1. The van der Waals surface area contributed by atoms with Gasteiger partial charge < -0.3 is 15.3 Å². The molecule has 0 aliphatic carbocycles. The second kappa shape index (κ2) is 9.93. The number of benzene rings is 1. The molecule has 0 radical (unpaired) electrons. The van der Waals surface area contributed by atoms with Crippen LogP contribution >= 0.6 is 0 Å². The predicted octanol–water partition coefficient (Wildman–Crippen LogP) is 3.05. The summed E-state index contributed by atoms with van der Waals surface area (Å²) in [6.45, 7) is 9.66. The molecule has 1 unspecified atom stereocenters. The topological polar surface area (TPSA) is 35.5 Å². The second-order valence-electron chi connectivity index (χ2n) is 5.97. The quantitative estimate of drug-likeness (QED) is 0.696. The fourth-order valence-electron chi connectivity index (χ4n) is 2.86. The van der Waals surface area contributed by atoms with Gasteiger partial charge in [0.25, 0.3) is 0 Å². The number of aryl methyl sites for hydroxylation is 2. The van der Waals surface area contributed by atoms with Crippen LogP contribution in [0.2, 0.25) is 0 Å². The van der Waals surface area contributed by atoms with Crippen LogP contribution in [0.4, 0.5) is 0 Å². The zero-order chi connectivity index (χ0) is 15.7. The first-order valence-corrected chi connectivity index (χ1v) is 8.19. The average molecular weight is 292 g/mol.